The Balaban J connectivity index is 2.10. The third kappa shape index (κ3) is 1.72. The van der Waals surface area contributed by atoms with Gasteiger partial charge in [-0.1, -0.05) is 0 Å². The Morgan fingerprint density at radius 1 is 1.44 bits per heavy atom. The minimum Gasteiger partial charge on any atom is -0.339 e. The number of thiazole rings is 1. The van der Waals surface area contributed by atoms with Crippen molar-refractivity contribution >= 4 is 17.1 Å². The first-order valence-electron chi connectivity index (χ1n) is 6.31. The first-order valence-corrected chi connectivity index (χ1v) is 7.19. The molecule has 0 aromatic carbocycles. The molecule has 0 aliphatic heterocycles. The summed E-state index contributed by atoms with van der Waals surface area (Å²) >= 11 is 1.67. The Labute approximate surface area is 110 Å². The second-order valence-corrected chi connectivity index (χ2v) is 5.77. The number of aromatic nitrogens is 2. The van der Waals surface area contributed by atoms with Crippen LogP contribution in [0.1, 0.15) is 52.6 Å². The van der Waals surface area contributed by atoms with Gasteiger partial charge in [-0.15, -0.1) is 11.3 Å². The molecular weight excluding hydrogens is 244 g/mol. The predicted molar refractivity (Wildman–Crippen MR) is 72.4 cm³/mol. The van der Waals surface area contributed by atoms with Gasteiger partial charge in [0.2, 0.25) is 0 Å². The number of aryl methyl sites for hydroxylation is 1. The molecule has 18 heavy (non-hydrogen) atoms. The summed E-state index contributed by atoms with van der Waals surface area (Å²) in [5, 5.41) is 3.11. The van der Waals surface area contributed by atoms with Crippen molar-refractivity contribution in [2.45, 2.75) is 39.2 Å². The van der Waals surface area contributed by atoms with Crippen LogP contribution in [-0.4, -0.2) is 15.3 Å². The molecule has 3 rings (SSSR count). The smallest absolute Gasteiger partial charge is 0.164 e. The Morgan fingerprint density at radius 2 is 2.28 bits per heavy atom. The lowest BCUT2D eigenvalue weighted by Crippen LogP contribution is -2.16. The standard InChI is InChI=1S/C14H16N2OS/c1-9-8-11-12(4-3-5-13(11)17)16(9)10(2)14-15-6-7-18-14/h6-8,10H,3-5H2,1-2H3. The number of fused-ring (bicyclic) bond motifs is 1. The molecule has 0 N–H and O–H groups in total. The quantitative estimate of drug-likeness (QED) is 0.829. The Morgan fingerprint density at radius 3 is 3.00 bits per heavy atom. The normalized spacial score (nSPS) is 16.7. The van der Waals surface area contributed by atoms with E-state index in [2.05, 4.69) is 23.4 Å². The fourth-order valence-electron chi connectivity index (χ4n) is 2.84. The number of hydrogen-bond acceptors (Lipinski definition) is 3. The third-order valence-electron chi connectivity index (χ3n) is 3.65. The van der Waals surface area contributed by atoms with Gasteiger partial charge in [-0.3, -0.25) is 4.79 Å². The first kappa shape index (κ1) is 11.7. The average Bonchev–Trinajstić information content (AvgIpc) is 2.96. The molecule has 2 aromatic rings. The van der Waals surface area contributed by atoms with E-state index in [0.717, 1.165) is 29.1 Å². The van der Waals surface area contributed by atoms with E-state index in [1.807, 2.05) is 17.6 Å². The molecule has 1 aliphatic rings. The van der Waals surface area contributed by atoms with Gasteiger partial charge in [0.25, 0.3) is 0 Å². The van der Waals surface area contributed by atoms with Gasteiger partial charge in [-0.2, -0.15) is 0 Å². The van der Waals surface area contributed by atoms with Crippen LogP contribution in [0.4, 0.5) is 0 Å². The Hall–Kier alpha value is -1.42. The number of hydrogen-bond donors (Lipinski definition) is 0. The lowest BCUT2D eigenvalue weighted by atomic mass is 9.96. The molecule has 1 aliphatic carbocycles. The van der Waals surface area contributed by atoms with Crippen LogP contribution in [0, 0.1) is 6.92 Å². The fraction of sp³-hybridized carbons (Fsp3) is 0.429. The molecule has 0 spiro atoms. The van der Waals surface area contributed by atoms with Gasteiger partial charge < -0.3 is 4.57 Å². The van der Waals surface area contributed by atoms with Crippen LogP contribution >= 0.6 is 11.3 Å². The van der Waals surface area contributed by atoms with Gasteiger partial charge >= 0.3 is 0 Å². The summed E-state index contributed by atoms with van der Waals surface area (Å²) in [5.41, 5.74) is 3.30. The van der Waals surface area contributed by atoms with Crippen LogP contribution in [0.3, 0.4) is 0 Å². The summed E-state index contributed by atoms with van der Waals surface area (Å²) in [6, 6.07) is 2.26. The minimum absolute atomic E-state index is 0.222. The highest BCUT2D eigenvalue weighted by Crippen LogP contribution is 2.31. The molecule has 1 atom stereocenters. The van der Waals surface area contributed by atoms with Crippen molar-refractivity contribution in [3.63, 3.8) is 0 Å². The monoisotopic (exact) mass is 260 g/mol. The van der Waals surface area contributed by atoms with Crippen molar-refractivity contribution in [1.29, 1.82) is 0 Å². The second kappa shape index (κ2) is 4.35. The maximum absolute atomic E-state index is 11.9. The highest BCUT2D eigenvalue weighted by molar-refractivity contribution is 7.09. The van der Waals surface area contributed by atoms with E-state index in [1.165, 1.54) is 5.69 Å². The number of carbonyl (C=O) groups excluding carboxylic acids is 1. The molecule has 0 radical (unpaired) electrons. The molecule has 0 fully saturated rings. The lowest BCUT2D eigenvalue weighted by molar-refractivity contribution is 0.0971. The number of nitrogens with zero attached hydrogens (tertiary/aromatic N) is 2. The Kier molecular flexibility index (Phi) is 2.82. The molecule has 0 saturated carbocycles. The average molecular weight is 260 g/mol. The topological polar surface area (TPSA) is 34.9 Å². The summed E-state index contributed by atoms with van der Waals surface area (Å²) in [4.78, 5) is 16.3. The van der Waals surface area contributed by atoms with Crippen molar-refractivity contribution in [1.82, 2.24) is 9.55 Å². The van der Waals surface area contributed by atoms with E-state index in [4.69, 9.17) is 0 Å². The van der Waals surface area contributed by atoms with Crippen LogP contribution < -0.4 is 0 Å². The number of ketones is 1. The maximum Gasteiger partial charge on any atom is 0.164 e. The van der Waals surface area contributed by atoms with Crippen LogP contribution in [0.5, 0.6) is 0 Å². The molecule has 4 heteroatoms. The van der Waals surface area contributed by atoms with Crippen LogP contribution in [-0.2, 0) is 6.42 Å². The zero-order valence-corrected chi connectivity index (χ0v) is 11.5. The third-order valence-corrected chi connectivity index (χ3v) is 4.59. The molecule has 3 nitrogen and oxygen atoms in total. The van der Waals surface area contributed by atoms with Crippen molar-refractivity contribution < 1.29 is 4.79 Å². The molecule has 0 amide bonds. The first-order chi connectivity index (χ1) is 8.68. The van der Waals surface area contributed by atoms with E-state index < -0.39 is 0 Å². The summed E-state index contributed by atoms with van der Waals surface area (Å²) in [7, 11) is 0. The number of rotatable bonds is 2. The molecule has 0 bridgehead atoms. The van der Waals surface area contributed by atoms with Gasteiger partial charge in [0, 0.05) is 34.9 Å². The molecular formula is C14H16N2OS. The van der Waals surface area contributed by atoms with E-state index in [0.29, 0.717) is 12.2 Å². The molecule has 2 heterocycles. The van der Waals surface area contributed by atoms with Gasteiger partial charge in [-0.05, 0) is 32.8 Å². The van der Waals surface area contributed by atoms with E-state index in [-0.39, 0.29) is 6.04 Å². The summed E-state index contributed by atoms with van der Waals surface area (Å²) in [6.07, 6.45) is 4.51. The van der Waals surface area contributed by atoms with Gasteiger partial charge in [0.15, 0.2) is 5.78 Å². The summed E-state index contributed by atoms with van der Waals surface area (Å²) in [5.74, 6) is 0.296. The molecule has 2 aromatic heterocycles. The second-order valence-electron chi connectivity index (χ2n) is 4.84. The molecule has 1 unspecified atom stereocenters. The van der Waals surface area contributed by atoms with Gasteiger partial charge in [-0.25, -0.2) is 4.98 Å². The largest absolute Gasteiger partial charge is 0.339 e. The highest BCUT2D eigenvalue weighted by atomic mass is 32.1. The van der Waals surface area contributed by atoms with Crippen LogP contribution in [0.15, 0.2) is 17.6 Å². The predicted octanol–water partition coefficient (Wildman–Crippen LogP) is 3.38. The van der Waals surface area contributed by atoms with E-state index >= 15 is 0 Å². The van der Waals surface area contributed by atoms with Crippen molar-refractivity contribution in [3.8, 4) is 0 Å². The summed E-state index contributed by atoms with van der Waals surface area (Å²) < 4.78 is 2.28. The van der Waals surface area contributed by atoms with Crippen LogP contribution in [0.25, 0.3) is 0 Å². The minimum atomic E-state index is 0.222. The lowest BCUT2D eigenvalue weighted by Gasteiger charge is -2.20. The number of Topliss-reactive ketones (excluding diaryl/α,β-unsaturated/α-hetero) is 1. The molecule has 0 saturated heterocycles. The fourth-order valence-corrected chi connectivity index (χ4v) is 3.53. The zero-order valence-electron chi connectivity index (χ0n) is 10.6. The van der Waals surface area contributed by atoms with Crippen molar-refractivity contribution in [2.75, 3.05) is 0 Å². The Bertz CT molecular complexity index is 583. The van der Waals surface area contributed by atoms with Gasteiger partial charge in [0.05, 0.1) is 6.04 Å². The number of carbonyl (C=O) groups is 1. The van der Waals surface area contributed by atoms with E-state index in [9.17, 15) is 4.79 Å². The molecule has 94 valence electrons. The SMILES string of the molecule is Cc1cc2c(n1C(C)c1nccs1)CCCC2=O. The van der Waals surface area contributed by atoms with Crippen molar-refractivity contribution in [3.05, 3.63) is 39.6 Å². The van der Waals surface area contributed by atoms with E-state index in [1.54, 1.807) is 11.3 Å². The summed E-state index contributed by atoms with van der Waals surface area (Å²) in [6.45, 7) is 4.24. The zero-order chi connectivity index (χ0) is 12.7. The van der Waals surface area contributed by atoms with Crippen LogP contribution in [0.2, 0.25) is 0 Å². The van der Waals surface area contributed by atoms with Gasteiger partial charge in [0.1, 0.15) is 5.01 Å². The maximum atomic E-state index is 11.9. The highest BCUT2D eigenvalue weighted by Gasteiger charge is 2.25. The van der Waals surface area contributed by atoms with Crippen molar-refractivity contribution in [2.24, 2.45) is 0 Å².